The second kappa shape index (κ2) is 5.19. The van der Waals surface area contributed by atoms with Gasteiger partial charge in [-0.1, -0.05) is 12.1 Å². The van der Waals surface area contributed by atoms with E-state index < -0.39 is 0 Å². The third-order valence-electron chi connectivity index (χ3n) is 2.63. The lowest BCUT2D eigenvalue weighted by Gasteiger charge is -2.00. The number of hydrogen-bond donors (Lipinski definition) is 1. The molecule has 1 N–H and O–H groups in total. The number of para-hydroxylation sites is 2. The van der Waals surface area contributed by atoms with Crippen molar-refractivity contribution in [3.63, 3.8) is 0 Å². The molecule has 3 rings (SSSR count). The van der Waals surface area contributed by atoms with Crippen LogP contribution in [0.1, 0.15) is 16.4 Å². The van der Waals surface area contributed by atoms with Crippen molar-refractivity contribution in [2.75, 3.05) is 6.54 Å². The summed E-state index contributed by atoms with van der Waals surface area (Å²) in [4.78, 5) is 19.9. The molecule has 0 aliphatic carbocycles. The van der Waals surface area contributed by atoms with E-state index in [1.807, 2.05) is 24.3 Å². The van der Waals surface area contributed by atoms with Gasteiger partial charge in [-0.05, 0) is 12.1 Å². The molecule has 6 heteroatoms. The van der Waals surface area contributed by atoms with Crippen LogP contribution in [-0.4, -0.2) is 22.4 Å². The molecule has 0 atom stereocenters. The van der Waals surface area contributed by atoms with Gasteiger partial charge in [-0.3, -0.25) is 4.79 Å². The molecule has 0 fully saturated rings. The van der Waals surface area contributed by atoms with Crippen molar-refractivity contribution in [1.29, 1.82) is 0 Å². The average Bonchev–Trinajstić information content (AvgIpc) is 3.07. The van der Waals surface area contributed by atoms with Crippen LogP contribution in [0.25, 0.3) is 11.1 Å². The van der Waals surface area contributed by atoms with Crippen molar-refractivity contribution in [1.82, 2.24) is 15.3 Å². The summed E-state index contributed by atoms with van der Waals surface area (Å²) < 4.78 is 5.56. The second-order valence-electron chi connectivity index (χ2n) is 3.95. The van der Waals surface area contributed by atoms with E-state index in [9.17, 15) is 4.79 Å². The first kappa shape index (κ1) is 11.9. The summed E-state index contributed by atoms with van der Waals surface area (Å²) in [6, 6.07) is 7.59. The third kappa shape index (κ3) is 2.63. The predicted octanol–water partition coefficient (Wildman–Crippen LogP) is 2.26. The fourth-order valence-electron chi connectivity index (χ4n) is 1.73. The summed E-state index contributed by atoms with van der Waals surface area (Å²) in [5, 5.41) is 4.50. The van der Waals surface area contributed by atoms with Crippen LogP contribution in [0.2, 0.25) is 0 Å². The number of oxazole rings is 1. The summed E-state index contributed by atoms with van der Waals surface area (Å²) in [5.41, 5.74) is 3.68. The molecule has 1 amide bonds. The molecule has 96 valence electrons. The van der Waals surface area contributed by atoms with Gasteiger partial charge in [0.15, 0.2) is 11.5 Å². The molecular weight excluding hydrogens is 262 g/mol. The maximum Gasteiger partial charge on any atom is 0.270 e. The number of carbonyl (C=O) groups excluding carboxylic acids is 1. The highest BCUT2D eigenvalue weighted by Gasteiger charge is 2.08. The van der Waals surface area contributed by atoms with Gasteiger partial charge < -0.3 is 9.73 Å². The van der Waals surface area contributed by atoms with E-state index in [2.05, 4.69) is 15.3 Å². The van der Waals surface area contributed by atoms with Gasteiger partial charge in [-0.2, -0.15) is 0 Å². The molecule has 5 nitrogen and oxygen atoms in total. The molecule has 1 aromatic carbocycles. The van der Waals surface area contributed by atoms with Crippen LogP contribution in [0, 0.1) is 0 Å². The van der Waals surface area contributed by atoms with Crippen LogP contribution in [-0.2, 0) is 6.42 Å². The maximum absolute atomic E-state index is 11.7. The summed E-state index contributed by atoms with van der Waals surface area (Å²) in [5.74, 6) is 0.456. The molecule has 0 radical (unpaired) electrons. The largest absolute Gasteiger partial charge is 0.441 e. The number of carbonyl (C=O) groups is 1. The zero-order chi connectivity index (χ0) is 13.1. The van der Waals surface area contributed by atoms with E-state index in [0.717, 1.165) is 11.1 Å². The van der Waals surface area contributed by atoms with E-state index in [4.69, 9.17) is 4.42 Å². The molecule has 19 heavy (non-hydrogen) atoms. The van der Waals surface area contributed by atoms with E-state index >= 15 is 0 Å². The summed E-state index contributed by atoms with van der Waals surface area (Å²) in [7, 11) is 0. The molecule has 0 aliphatic heterocycles. The number of thiazole rings is 1. The Morgan fingerprint density at radius 1 is 1.37 bits per heavy atom. The van der Waals surface area contributed by atoms with Gasteiger partial charge in [-0.25, -0.2) is 9.97 Å². The van der Waals surface area contributed by atoms with E-state index in [0.29, 0.717) is 24.6 Å². The highest BCUT2D eigenvalue weighted by atomic mass is 32.1. The Bertz CT molecular complexity index is 658. The standard InChI is InChI=1S/C13H11N3O2S/c17-13(10-7-19-8-15-10)14-6-5-12-16-9-3-1-2-4-11(9)18-12/h1-4,7-8H,5-6H2,(H,14,17). The molecule has 0 unspecified atom stereocenters. The Morgan fingerprint density at radius 3 is 3.05 bits per heavy atom. The van der Waals surface area contributed by atoms with Gasteiger partial charge in [0.25, 0.3) is 5.91 Å². The number of hydrogen-bond acceptors (Lipinski definition) is 5. The maximum atomic E-state index is 11.7. The molecule has 0 aliphatic rings. The molecule has 3 aromatic rings. The van der Waals surface area contributed by atoms with Crippen molar-refractivity contribution in [2.24, 2.45) is 0 Å². The van der Waals surface area contributed by atoms with Crippen LogP contribution in [0.4, 0.5) is 0 Å². The monoisotopic (exact) mass is 273 g/mol. The lowest BCUT2D eigenvalue weighted by Crippen LogP contribution is -2.25. The smallest absolute Gasteiger partial charge is 0.270 e. The summed E-state index contributed by atoms with van der Waals surface area (Å²) in [6.07, 6.45) is 0.560. The molecular formula is C13H11N3O2S. The fraction of sp³-hybridized carbons (Fsp3) is 0.154. The number of fused-ring (bicyclic) bond motifs is 1. The van der Waals surface area contributed by atoms with Crippen LogP contribution < -0.4 is 5.32 Å². The Morgan fingerprint density at radius 2 is 2.26 bits per heavy atom. The van der Waals surface area contributed by atoms with Crippen molar-refractivity contribution in [2.45, 2.75) is 6.42 Å². The Labute approximate surface area is 113 Å². The first-order valence-corrected chi connectivity index (χ1v) is 6.78. The molecule has 0 saturated heterocycles. The van der Waals surface area contributed by atoms with Gasteiger partial charge >= 0.3 is 0 Å². The lowest BCUT2D eigenvalue weighted by atomic mass is 10.3. The summed E-state index contributed by atoms with van der Waals surface area (Å²) >= 11 is 1.40. The normalized spacial score (nSPS) is 10.7. The van der Waals surface area contributed by atoms with Crippen molar-refractivity contribution < 1.29 is 9.21 Å². The molecule has 0 saturated carbocycles. The quantitative estimate of drug-likeness (QED) is 0.791. The molecule has 0 spiro atoms. The number of amides is 1. The Hall–Kier alpha value is -2.21. The van der Waals surface area contributed by atoms with E-state index in [-0.39, 0.29) is 5.91 Å². The second-order valence-corrected chi connectivity index (χ2v) is 4.67. The zero-order valence-electron chi connectivity index (χ0n) is 10.00. The minimum absolute atomic E-state index is 0.169. The van der Waals surface area contributed by atoms with Gasteiger partial charge in [0.1, 0.15) is 11.2 Å². The number of nitrogens with one attached hydrogen (secondary N) is 1. The molecule has 2 heterocycles. The number of nitrogens with zero attached hydrogens (tertiary/aromatic N) is 2. The van der Waals surface area contributed by atoms with E-state index in [1.54, 1.807) is 10.9 Å². The van der Waals surface area contributed by atoms with E-state index in [1.165, 1.54) is 11.3 Å². The van der Waals surface area contributed by atoms with Gasteiger partial charge in [-0.15, -0.1) is 11.3 Å². The SMILES string of the molecule is O=C(NCCc1nc2ccccc2o1)c1cscn1. The first-order chi connectivity index (χ1) is 9.33. The Kier molecular flexibility index (Phi) is 3.24. The van der Waals surface area contributed by atoms with Gasteiger partial charge in [0.05, 0.1) is 5.51 Å². The van der Waals surface area contributed by atoms with Gasteiger partial charge in [0.2, 0.25) is 0 Å². The lowest BCUT2D eigenvalue weighted by molar-refractivity contribution is 0.0949. The topological polar surface area (TPSA) is 68.0 Å². The highest BCUT2D eigenvalue weighted by molar-refractivity contribution is 7.07. The minimum Gasteiger partial charge on any atom is -0.441 e. The molecule has 2 aromatic heterocycles. The first-order valence-electron chi connectivity index (χ1n) is 5.84. The van der Waals surface area contributed by atoms with Crippen LogP contribution >= 0.6 is 11.3 Å². The summed E-state index contributed by atoms with van der Waals surface area (Å²) in [6.45, 7) is 0.475. The minimum atomic E-state index is -0.169. The Balaban J connectivity index is 1.59. The van der Waals surface area contributed by atoms with Crippen LogP contribution in [0.3, 0.4) is 0 Å². The number of benzene rings is 1. The third-order valence-corrected chi connectivity index (χ3v) is 3.21. The van der Waals surface area contributed by atoms with Crippen molar-refractivity contribution in [3.05, 3.63) is 46.7 Å². The molecule has 0 bridgehead atoms. The highest BCUT2D eigenvalue weighted by Crippen LogP contribution is 2.14. The van der Waals surface area contributed by atoms with Gasteiger partial charge in [0, 0.05) is 18.3 Å². The number of aromatic nitrogens is 2. The number of rotatable bonds is 4. The van der Waals surface area contributed by atoms with Crippen LogP contribution in [0.15, 0.2) is 39.6 Å². The van der Waals surface area contributed by atoms with Crippen molar-refractivity contribution >= 4 is 28.3 Å². The zero-order valence-corrected chi connectivity index (χ0v) is 10.8. The fourth-order valence-corrected chi connectivity index (χ4v) is 2.26. The van der Waals surface area contributed by atoms with Crippen molar-refractivity contribution in [3.8, 4) is 0 Å². The predicted molar refractivity (Wildman–Crippen MR) is 72.2 cm³/mol. The van der Waals surface area contributed by atoms with Crippen LogP contribution in [0.5, 0.6) is 0 Å². The average molecular weight is 273 g/mol.